The van der Waals surface area contributed by atoms with E-state index < -0.39 is 0 Å². The molecule has 0 radical (unpaired) electrons. The Bertz CT molecular complexity index is 701. The van der Waals surface area contributed by atoms with E-state index in [1.807, 2.05) is 30.3 Å². The maximum atomic E-state index is 12.4. The highest BCUT2D eigenvalue weighted by molar-refractivity contribution is 6.30. The second kappa shape index (κ2) is 9.90. The van der Waals surface area contributed by atoms with Gasteiger partial charge in [-0.15, -0.1) is 0 Å². The first kappa shape index (κ1) is 19.9. The third kappa shape index (κ3) is 6.36. The summed E-state index contributed by atoms with van der Waals surface area (Å²) in [6.07, 6.45) is 8.39. The van der Waals surface area contributed by atoms with Crippen LogP contribution >= 0.6 is 11.6 Å². The number of carbonyl (C=O) groups is 1. The molecule has 0 unspecified atom stereocenters. The van der Waals surface area contributed by atoms with E-state index in [9.17, 15) is 4.79 Å². The summed E-state index contributed by atoms with van der Waals surface area (Å²) < 4.78 is 0. The van der Waals surface area contributed by atoms with Crippen LogP contribution in [0.3, 0.4) is 0 Å². The number of nitrogens with one attached hydrogen (secondary N) is 1. The Balaban J connectivity index is 1.40. The number of halogens is 1. The Kier molecular flexibility index (Phi) is 7.30. The van der Waals surface area contributed by atoms with Gasteiger partial charge in [-0.05, 0) is 61.4 Å². The summed E-state index contributed by atoms with van der Waals surface area (Å²) >= 11 is 5.96. The first-order chi connectivity index (χ1) is 13.1. The van der Waals surface area contributed by atoms with Crippen LogP contribution in [0.2, 0.25) is 5.02 Å². The van der Waals surface area contributed by atoms with Gasteiger partial charge in [-0.1, -0.05) is 23.7 Å². The monoisotopic (exact) mass is 388 g/mol. The highest BCUT2D eigenvalue weighted by atomic mass is 35.5. The van der Waals surface area contributed by atoms with Crippen molar-refractivity contribution >= 4 is 17.5 Å². The smallest absolute Gasteiger partial charge is 0.222 e. The highest BCUT2D eigenvalue weighted by Crippen LogP contribution is 2.19. The molecular weight excluding hydrogens is 360 g/mol. The third-order valence-electron chi connectivity index (χ3n) is 5.37. The van der Waals surface area contributed by atoms with E-state index in [-0.39, 0.29) is 5.91 Å². The quantitative estimate of drug-likeness (QED) is 0.753. The van der Waals surface area contributed by atoms with Crippen LogP contribution in [0.15, 0.2) is 36.7 Å². The molecule has 6 heteroatoms. The standard InChI is InChI=1S/C21H29ClN4O/c1-25(21(27)9-6-18-13-23-24-14-18)15-19-3-2-11-26(16-19)12-10-17-4-7-20(22)8-5-17/h4-5,7-8,13-14,19H,2-3,6,9-12,15-16H2,1H3,(H,23,24)/t19-/m1/s1. The zero-order valence-electron chi connectivity index (χ0n) is 16.0. The number of aryl methyl sites for hydroxylation is 1. The molecule has 27 heavy (non-hydrogen) atoms. The van der Waals surface area contributed by atoms with Crippen LogP contribution in [-0.2, 0) is 17.6 Å². The Labute approximate surface area is 166 Å². The van der Waals surface area contributed by atoms with Crippen LogP contribution in [0, 0.1) is 5.92 Å². The van der Waals surface area contributed by atoms with E-state index in [4.69, 9.17) is 11.6 Å². The molecule has 0 bridgehead atoms. The summed E-state index contributed by atoms with van der Waals surface area (Å²) in [4.78, 5) is 16.8. The summed E-state index contributed by atoms with van der Waals surface area (Å²) in [5.41, 5.74) is 2.41. The van der Waals surface area contributed by atoms with Gasteiger partial charge in [0.2, 0.25) is 5.91 Å². The van der Waals surface area contributed by atoms with Gasteiger partial charge in [-0.25, -0.2) is 0 Å². The van der Waals surface area contributed by atoms with E-state index in [1.54, 1.807) is 6.20 Å². The van der Waals surface area contributed by atoms with Crippen molar-refractivity contribution in [3.8, 4) is 0 Å². The van der Waals surface area contributed by atoms with E-state index in [0.717, 1.165) is 49.6 Å². The van der Waals surface area contributed by atoms with E-state index >= 15 is 0 Å². The predicted molar refractivity (Wildman–Crippen MR) is 109 cm³/mol. The molecule has 1 aromatic heterocycles. The molecule has 1 aliphatic rings. The van der Waals surface area contributed by atoms with Crippen LogP contribution in [0.5, 0.6) is 0 Å². The molecule has 2 heterocycles. The number of hydrogen-bond acceptors (Lipinski definition) is 3. The van der Waals surface area contributed by atoms with Crippen molar-refractivity contribution in [1.82, 2.24) is 20.0 Å². The van der Waals surface area contributed by atoms with Gasteiger partial charge in [-0.2, -0.15) is 5.10 Å². The van der Waals surface area contributed by atoms with Crippen molar-refractivity contribution < 1.29 is 4.79 Å². The van der Waals surface area contributed by atoms with Crippen LogP contribution in [0.25, 0.3) is 0 Å². The summed E-state index contributed by atoms with van der Waals surface area (Å²) in [6, 6.07) is 8.13. The van der Waals surface area contributed by atoms with Crippen molar-refractivity contribution in [2.45, 2.75) is 32.1 Å². The van der Waals surface area contributed by atoms with Crippen molar-refractivity contribution in [2.75, 3.05) is 33.2 Å². The number of piperidine rings is 1. The third-order valence-corrected chi connectivity index (χ3v) is 5.63. The van der Waals surface area contributed by atoms with Crippen molar-refractivity contribution in [3.63, 3.8) is 0 Å². The number of aromatic nitrogens is 2. The molecule has 1 saturated heterocycles. The SMILES string of the molecule is CN(C[C@H]1CCCN(CCc2ccc(Cl)cc2)C1)C(=O)CCc1cn[nH]c1. The maximum absolute atomic E-state index is 12.4. The average Bonchev–Trinajstić information content (AvgIpc) is 3.19. The molecule has 3 rings (SSSR count). The molecule has 2 aromatic rings. The number of carbonyl (C=O) groups excluding carboxylic acids is 1. The lowest BCUT2D eigenvalue weighted by molar-refractivity contribution is -0.130. The molecule has 1 N–H and O–H groups in total. The highest BCUT2D eigenvalue weighted by Gasteiger charge is 2.22. The number of H-pyrrole nitrogens is 1. The van der Waals surface area contributed by atoms with E-state index in [1.165, 1.54) is 18.4 Å². The Morgan fingerprint density at radius 3 is 2.85 bits per heavy atom. The molecule has 1 atom stereocenters. The second-order valence-electron chi connectivity index (χ2n) is 7.57. The number of rotatable bonds is 8. The number of likely N-dealkylation sites (tertiary alicyclic amines) is 1. The van der Waals surface area contributed by atoms with Crippen molar-refractivity contribution in [2.24, 2.45) is 5.92 Å². The normalized spacial score (nSPS) is 17.8. The second-order valence-corrected chi connectivity index (χ2v) is 8.00. The molecule has 1 aliphatic heterocycles. The first-order valence-corrected chi connectivity index (χ1v) is 10.2. The fourth-order valence-electron chi connectivity index (χ4n) is 3.79. The van der Waals surface area contributed by atoms with E-state index in [0.29, 0.717) is 12.3 Å². The van der Waals surface area contributed by atoms with Gasteiger partial charge in [0.1, 0.15) is 0 Å². The Morgan fingerprint density at radius 1 is 1.30 bits per heavy atom. The lowest BCUT2D eigenvalue weighted by Gasteiger charge is -2.34. The number of aromatic amines is 1. The van der Waals surface area contributed by atoms with Gasteiger partial charge in [0.15, 0.2) is 0 Å². The lowest BCUT2D eigenvalue weighted by atomic mass is 9.97. The summed E-state index contributed by atoms with van der Waals surface area (Å²) in [5, 5.41) is 7.51. The molecule has 5 nitrogen and oxygen atoms in total. The predicted octanol–water partition coefficient (Wildman–Crippen LogP) is 3.41. The average molecular weight is 389 g/mol. The minimum Gasteiger partial charge on any atom is -0.345 e. The fourth-order valence-corrected chi connectivity index (χ4v) is 3.91. The number of hydrogen-bond donors (Lipinski definition) is 1. The lowest BCUT2D eigenvalue weighted by Crippen LogP contribution is -2.42. The van der Waals surface area contributed by atoms with Crippen LogP contribution < -0.4 is 0 Å². The van der Waals surface area contributed by atoms with Gasteiger partial charge >= 0.3 is 0 Å². The zero-order valence-corrected chi connectivity index (χ0v) is 16.8. The van der Waals surface area contributed by atoms with Crippen LogP contribution in [0.4, 0.5) is 0 Å². The minimum atomic E-state index is 0.217. The molecule has 0 spiro atoms. The molecular formula is C21H29ClN4O. The summed E-state index contributed by atoms with van der Waals surface area (Å²) in [6.45, 7) is 4.15. The molecule has 1 fully saturated rings. The maximum Gasteiger partial charge on any atom is 0.222 e. The molecule has 1 amide bonds. The summed E-state index contributed by atoms with van der Waals surface area (Å²) in [7, 11) is 1.93. The topological polar surface area (TPSA) is 52.2 Å². The molecule has 0 aliphatic carbocycles. The number of nitrogens with zero attached hydrogens (tertiary/aromatic N) is 3. The number of amides is 1. The van der Waals surface area contributed by atoms with Crippen LogP contribution in [-0.4, -0.2) is 59.1 Å². The molecule has 0 saturated carbocycles. The summed E-state index contributed by atoms with van der Waals surface area (Å²) in [5.74, 6) is 0.779. The molecule has 146 valence electrons. The van der Waals surface area contributed by atoms with Gasteiger partial charge < -0.3 is 9.80 Å². The Morgan fingerprint density at radius 2 is 2.11 bits per heavy atom. The van der Waals surface area contributed by atoms with Crippen LogP contribution in [0.1, 0.15) is 30.4 Å². The number of benzene rings is 1. The zero-order chi connectivity index (χ0) is 19.1. The minimum absolute atomic E-state index is 0.217. The molecule has 1 aromatic carbocycles. The largest absolute Gasteiger partial charge is 0.345 e. The van der Waals surface area contributed by atoms with E-state index in [2.05, 4.69) is 27.2 Å². The van der Waals surface area contributed by atoms with Crippen molar-refractivity contribution in [1.29, 1.82) is 0 Å². The van der Waals surface area contributed by atoms with Gasteiger partial charge in [0.25, 0.3) is 0 Å². The van der Waals surface area contributed by atoms with Gasteiger partial charge in [0, 0.05) is 44.3 Å². The van der Waals surface area contributed by atoms with Gasteiger partial charge in [0.05, 0.1) is 6.20 Å². The van der Waals surface area contributed by atoms with Gasteiger partial charge in [-0.3, -0.25) is 9.89 Å². The Hall–Kier alpha value is -1.85. The van der Waals surface area contributed by atoms with Crippen molar-refractivity contribution in [3.05, 3.63) is 52.8 Å². The fraction of sp³-hybridized carbons (Fsp3) is 0.524. The first-order valence-electron chi connectivity index (χ1n) is 9.78.